The molecule has 1 aromatic rings. The number of pyridine rings is 1. The number of nitrogens with zero attached hydrogens (tertiary/aromatic N) is 2. The molecule has 0 spiro atoms. The van der Waals surface area contributed by atoms with E-state index in [1.807, 2.05) is 20.0 Å². The van der Waals surface area contributed by atoms with Gasteiger partial charge in [0.05, 0.1) is 12.3 Å². The van der Waals surface area contributed by atoms with Crippen molar-refractivity contribution in [3.63, 3.8) is 0 Å². The summed E-state index contributed by atoms with van der Waals surface area (Å²) in [7, 11) is 1.99. The third-order valence-corrected chi connectivity index (χ3v) is 2.14. The molecule has 1 aromatic heterocycles. The normalized spacial score (nSPS) is 20.4. The predicted octanol–water partition coefficient (Wildman–Crippen LogP) is -1.17. The maximum Gasteiger partial charge on any atom is 0.156 e. The van der Waals surface area contributed by atoms with Gasteiger partial charge in [0.1, 0.15) is 13.6 Å². The van der Waals surface area contributed by atoms with E-state index in [2.05, 4.69) is 10.1 Å². The third-order valence-electron chi connectivity index (χ3n) is 2.14. The van der Waals surface area contributed by atoms with Crippen molar-refractivity contribution in [2.45, 2.75) is 12.5 Å². The summed E-state index contributed by atoms with van der Waals surface area (Å²) in [5.74, 6) is 0. The lowest BCUT2D eigenvalue weighted by Crippen LogP contribution is -2.14. The van der Waals surface area contributed by atoms with Gasteiger partial charge in [0.25, 0.3) is 0 Å². The second kappa shape index (κ2) is 3.80. The molecule has 0 aromatic carbocycles. The molecule has 0 radical (unpaired) electrons. The van der Waals surface area contributed by atoms with Gasteiger partial charge in [0.15, 0.2) is 6.10 Å². The van der Waals surface area contributed by atoms with E-state index in [0.29, 0.717) is 6.42 Å². The fourth-order valence-corrected chi connectivity index (χ4v) is 1.32. The number of aromatic nitrogens is 1. The standard InChI is InChI=1S/C9H11BN2O2/c10-6-1-2-8(11-4-6)9-3-7(5-13)14-12-9/h1-2,4,7,13H,3,5,10H2. The van der Waals surface area contributed by atoms with Crippen molar-refractivity contribution in [2.24, 2.45) is 5.16 Å². The number of rotatable bonds is 2. The molecule has 5 heteroatoms. The Balaban J connectivity index is 2.13. The summed E-state index contributed by atoms with van der Waals surface area (Å²) >= 11 is 0. The molecule has 4 nitrogen and oxygen atoms in total. The molecule has 1 aliphatic heterocycles. The van der Waals surface area contributed by atoms with Gasteiger partial charge in [0, 0.05) is 12.6 Å². The Morgan fingerprint density at radius 2 is 2.43 bits per heavy atom. The van der Waals surface area contributed by atoms with Crippen LogP contribution in [0.2, 0.25) is 0 Å². The molecular weight excluding hydrogens is 179 g/mol. The van der Waals surface area contributed by atoms with Crippen molar-refractivity contribution in [1.82, 2.24) is 4.98 Å². The predicted molar refractivity (Wildman–Crippen MR) is 55.5 cm³/mol. The molecular formula is C9H11BN2O2. The molecule has 0 aliphatic carbocycles. The Morgan fingerprint density at radius 1 is 1.57 bits per heavy atom. The van der Waals surface area contributed by atoms with Crippen LogP contribution in [0.5, 0.6) is 0 Å². The molecule has 0 saturated carbocycles. The van der Waals surface area contributed by atoms with Crippen LogP contribution in [0.3, 0.4) is 0 Å². The van der Waals surface area contributed by atoms with E-state index < -0.39 is 0 Å². The lowest BCUT2D eigenvalue weighted by Gasteiger charge is -2.01. The molecule has 0 amide bonds. The van der Waals surface area contributed by atoms with Crippen LogP contribution in [-0.2, 0) is 4.84 Å². The Morgan fingerprint density at radius 3 is 3.00 bits per heavy atom. The van der Waals surface area contributed by atoms with Crippen molar-refractivity contribution in [2.75, 3.05) is 6.61 Å². The fraction of sp³-hybridized carbons (Fsp3) is 0.333. The summed E-state index contributed by atoms with van der Waals surface area (Å²) in [6, 6.07) is 3.90. The smallest absolute Gasteiger partial charge is 0.156 e. The Hall–Kier alpha value is -1.36. The highest BCUT2D eigenvalue weighted by atomic mass is 16.6. The molecule has 1 atom stereocenters. The first-order chi connectivity index (χ1) is 6.79. The van der Waals surface area contributed by atoms with Gasteiger partial charge < -0.3 is 9.94 Å². The molecule has 0 bridgehead atoms. The van der Waals surface area contributed by atoms with Gasteiger partial charge in [-0.25, -0.2) is 0 Å². The topological polar surface area (TPSA) is 54.7 Å². The number of hydrogen-bond acceptors (Lipinski definition) is 4. The average Bonchev–Trinajstić information content (AvgIpc) is 2.67. The summed E-state index contributed by atoms with van der Waals surface area (Å²) in [6.07, 6.45) is 2.23. The first-order valence-electron chi connectivity index (χ1n) is 4.56. The van der Waals surface area contributed by atoms with Gasteiger partial charge in [-0.05, 0) is 6.07 Å². The first kappa shape index (κ1) is 9.21. The minimum Gasteiger partial charge on any atom is -0.392 e. The quantitative estimate of drug-likeness (QED) is 0.597. The van der Waals surface area contributed by atoms with Crippen LogP contribution in [0.1, 0.15) is 12.1 Å². The van der Waals surface area contributed by atoms with Crippen LogP contribution in [0, 0.1) is 0 Å². The minimum absolute atomic E-state index is 0.00113. The van der Waals surface area contributed by atoms with Crippen LogP contribution in [0.25, 0.3) is 0 Å². The van der Waals surface area contributed by atoms with E-state index in [0.717, 1.165) is 16.9 Å². The molecule has 14 heavy (non-hydrogen) atoms. The van der Waals surface area contributed by atoms with Gasteiger partial charge in [-0.3, -0.25) is 4.98 Å². The summed E-state index contributed by atoms with van der Waals surface area (Å²) in [6.45, 7) is -0.00113. The molecule has 1 unspecified atom stereocenters. The number of aliphatic hydroxyl groups is 1. The van der Waals surface area contributed by atoms with E-state index >= 15 is 0 Å². The molecule has 1 aliphatic rings. The van der Waals surface area contributed by atoms with Crippen LogP contribution >= 0.6 is 0 Å². The van der Waals surface area contributed by atoms with Gasteiger partial charge in [-0.2, -0.15) is 0 Å². The maximum atomic E-state index is 8.86. The van der Waals surface area contributed by atoms with E-state index in [1.165, 1.54) is 0 Å². The monoisotopic (exact) mass is 190 g/mol. The maximum absolute atomic E-state index is 8.86. The highest BCUT2D eigenvalue weighted by Crippen LogP contribution is 2.13. The van der Waals surface area contributed by atoms with Crippen molar-refractivity contribution >= 4 is 19.0 Å². The molecule has 2 heterocycles. The van der Waals surface area contributed by atoms with Crippen molar-refractivity contribution < 1.29 is 9.94 Å². The highest BCUT2D eigenvalue weighted by molar-refractivity contribution is 6.32. The lowest BCUT2D eigenvalue weighted by molar-refractivity contribution is 0.0390. The van der Waals surface area contributed by atoms with Gasteiger partial charge in [-0.1, -0.05) is 16.7 Å². The molecule has 72 valence electrons. The lowest BCUT2D eigenvalue weighted by atomic mass is 9.98. The van der Waals surface area contributed by atoms with Crippen molar-refractivity contribution in [1.29, 1.82) is 0 Å². The van der Waals surface area contributed by atoms with Gasteiger partial charge in [-0.15, -0.1) is 0 Å². The third kappa shape index (κ3) is 1.77. The fourth-order valence-electron chi connectivity index (χ4n) is 1.32. The SMILES string of the molecule is Bc1ccc(C2=NOC(CO)C2)nc1. The summed E-state index contributed by atoms with van der Waals surface area (Å²) in [4.78, 5) is 9.23. The summed E-state index contributed by atoms with van der Waals surface area (Å²) in [5.41, 5.74) is 2.75. The molecule has 0 saturated heterocycles. The second-order valence-corrected chi connectivity index (χ2v) is 3.37. The van der Waals surface area contributed by atoms with Crippen LogP contribution in [0.15, 0.2) is 23.5 Å². The average molecular weight is 190 g/mol. The van der Waals surface area contributed by atoms with Gasteiger partial charge in [0.2, 0.25) is 0 Å². The van der Waals surface area contributed by atoms with E-state index in [4.69, 9.17) is 9.94 Å². The van der Waals surface area contributed by atoms with Gasteiger partial charge >= 0.3 is 0 Å². The van der Waals surface area contributed by atoms with Crippen LogP contribution in [0.4, 0.5) is 0 Å². The van der Waals surface area contributed by atoms with E-state index in [1.54, 1.807) is 6.20 Å². The Kier molecular flexibility index (Phi) is 2.50. The van der Waals surface area contributed by atoms with Crippen molar-refractivity contribution in [3.8, 4) is 0 Å². The Bertz CT molecular complexity index is 350. The summed E-state index contributed by atoms with van der Waals surface area (Å²) in [5, 5.41) is 12.7. The highest BCUT2D eigenvalue weighted by Gasteiger charge is 2.21. The number of aliphatic hydroxyl groups excluding tert-OH is 1. The molecule has 2 rings (SSSR count). The number of oxime groups is 1. The van der Waals surface area contributed by atoms with E-state index in [-0.39, 0.29) is 12.7 Å². The van der Waals surface area contributed by atoms with E-state index in [9.17, 15) is 0 Å². The first-order valence-corrected chi connectivity index (χ1v) is 4.56. The minimum atomic E-state index is -0.201. The second-order valence-electron chi connectivity index (χ2n) is 3.37. The number of hydrogen-bond donors (Lipinski definition) is 1. The largest absolute Gasteiger partial charge is 0.392 e. The zero-order chi connectivity index (χ0) is 9.97. The van der Waals surface area contributed by atoms with Crippen LogP contribution < -0.4 is 5.46 Å². The Labute approximate surface area is 83.0 Å². The zero-order valence-corrected chi connectivity index (χ0v) is 7.97. The summed E-state index contributed by atoms with van der Waals surface area (Å²) < 4.78 is 0. The molecule has 1 N–H and O–H groups in total. The zero-order valence-electron chi connectivity index (χ0n) is 7.97. The molecule has 0 fully saturated rings. The van der Waals surface area contributed by atoms with Crippen molar-refractivity contribution in [3.05, 3.63) is 24.0 Å². The van der Waals surface area contributed by atoms with Crippen LogP contribution in [-0.4, -0.2) is 36.4 Å².